The third-order valence-corrected chi connectivity index (χ3v) is 7.75. The molecular formula is C31H35FN2O5. The molecule has 1 fully saturated rings. The second kappa shape index (κ2) is 11.7. The fraction of sp³-hybridized carbons (Fsp3) is 0.419. The van der Waals surface area contributed by atoms with Crippen molar-refractivity contribution in [2.24, 2.45) is 5.92 Å². The molecule has 0 amide bonds. The summed E-state index contributed by atoms with van der Waals surface area (Å²) in [4.78, 5) is 17.7. The van der Waals surface area contributed by atoms with E-state index in [9.17, 15) is 9.90 Å². The van der Waals surface area contributed by atoms with Crippen molar-refractivity contribution >= 4 is 5.97 Å². The van der Waals surface area contributed by atoms with E-state index in [0.717, 1.165) is 53.0 Å². The monoisotopic (exact) mass is 534 g/mol. The molecule has 8 heteroatoms. The average molecular weight is 535 g/mol. The van der Waals surface area contributed by atoms with Crippen LogP contribution in [0.4, 0.5) is 4.39 Å². The van der Waals surface area contributed by atoms with Crippen LogP contribution in [0.15, 0.2) is 48.7 Å². The van der Waals surface area contributed by atoms with Gasteiger partial charge in [0.05, 0.1) is 32.4 Å². The maximum absolute atomic E-state index is 15.0. The number of nitrogens with zero attached hydrogens (tertiary/aromatic N) is 2. The number of halogens is 1. The number of rotatable bonds is 8. The molecule has 2 aliphatic heterocycles. The molecule has 39 heavy (non-hydrogen) atoms. The minimum atomic E-state index is -0.808. The molecule has 0 radical (unpaired) electrons. The van der Waals surface area contributed by atoms with E-state index >= 15 is 4.39 Å². The van der Waals surface area contributed by atoms with Crippen molar-refractivity contribution in [1.82, 2.24) is 9.88 Å². The standard InChI is InChI=1S/C31H35FN2O5/c1-19(31(35)36)12-21-4-5-22-7-9-28(39-29(22)13-21)23-6-8-25(26-15-30(37-3)33-16-27(26)32)24(14-23)17-34-10-11-38-18-20(34)2/h4-6,8,13-16,19-20,28H,7,9-12,17-18H2,1-3H3,(H,35,36). The smallest absolute Gasteiger partial charge is 0.306 e. The fourth-order valence-corrected chi connectivity index (χ4v) is 5.38. The number of aliphatic carboxylic acids is 1. The summed E-state index contributed by atoms with van der Waals surface area (Å²) in [5.41, 5.74) is 5.37. The Morgan fingerprint density at radius 2 is 2.08 bits per heavy atom. The molecule has 1 saturated heterocycles. The number of pyridine rings is 1. The van der Waals surface area contributed by atoms with Crippen LogP contribution in [0.25, 0.3) is 11.1 Å². The third-order valence-electron chi connectivity index (χ3n) is 7.75. The Morgan fingerprint density at radius 3 is 2.85 bits per heavy atom. The summed E-state index contributed by atoms with van der Waals surface area (Å²) >= 11 is 0. The molecule has 3 heterocycles. The molecule has 206 valence electrons. The van der Waals surface area contributed by atoms with Gasteiger partial charge in [-0.05, 0) is 60.1 Å². The van der Waals surface area contributed by atoms with Gasteiger partial charge in [-0.25, -0.2) is 9.37 Å². The number of ether oxygens (including phenoxy) is 3. The maximum Gasteiger partial charge on any atom is 0.306 e. The second-order valence-corrected chi connectivity index (χ2v) is 10.5. The first-order valence-electron chi connectivity index (χ1n) is 13.5. The molecule has 3 unspecified atom stereocenters. The summed E-state index contributed by atoms with van der Waals surface area (Å²) in [7, 11) is 1.52. The first-order chi connectivity index (χ1) is 18.8. The zero-order valence-corrected chi connectivity index (χ0v) is 22.7. The number of carboxylic acids is 1. The Morgan fingerprint density at radius 1 is 1.23 bits per heavy atom. The lowest BCUT2D eigenvalue weighted by atomic mass is 9.91. The molecule has 3 atom stereocenters. The highest BCUT2D eigenvalue weighted by molar-refractivity contribution is 5.70. The van der Waals surface area contributed by atoms with Crippen LogP contribution in [0, 0.1) is 11.7 Å². The highest BCUT2D eigenvalue weighted by Gasteiger charge is 2.26. The van der Waals surface area contributed by atoms with Crippen LogP contribution < -0.4 is 9.47 Å². The van der Waals surface area contributed by atoms with Gasteiger partial charge < -0.3 is 19.3 Å². The number of morpholine rings is 1. The van der Waals surface area contributed by atoms with Crippen LogP contribution >= 0.6 is 0 Å². The largest absolute Gasteiger partial charge is 0.485 e. The molecule has 0 saturated carbocycles. The third kappa shape index (κ3) is 6.07. The van der Waals surface area contributed by atoms with Crippen LogP contribution in [0.1, 0.15) is 48.6 Å². The maximum atomic E-state index is 15.0. The molecule has 2 aliphatic rings. The van der Waals surface area contributed by atoms with Gasteiger partial charge in [0.1, 0.15) is 17.7 Å². The Hall–Kier alpha value is -3.49. The summed E-state index contributed by atoms with van der Waals surface area (Å²) in [5, 5.41) is 9.31. The van der Waals surface area contributed by atoms with Gasteiger partial charge in [-0.15, -0.1) is 0 Å². The number of benzene rings is 2. The predicted octanol–water partition coefficient (Wildman–Crippen LogP) is 5.45. The van der Waals surface area contributed by atoms with Crippen molar-refractivity contribution < 1.29 is 28.5 Å². The van der Waals surface area contributed by atoms with Gasteiger partial charge >= 0.3 is 5.97 Å². The number of hydrogen-bond donors (Lipinski definition) is 1. The minimum absolute atomic E-state index is 0.156. The molecule has 0 spiro atoms. The number of hydrogen-bond acceptors (Lipinski definition) is 6. The Bertz CT molecular complexity index is 1350. The normalized spacial score (nSPS) is 20.1. The molecule has 3 aromatic rings. The van der Waals surface area contributed by atoms with Crippen LogP contribution in [-0.2, 0) is 28.9 Å². The van der Waals surface area contributed by atoms with Crippen molar-refractivity contribution in [3.8, 4) is 22.8 Å². The van der Waals surface area contributed by atoms with E-state index in [1.165, 1.54) is 13.3 Å². The Balaban J connectivity index is 1.47. The highest BCUT2D eigenvalue weighted by atomic mass is 19.1. The lowest BCUT2D eigenvalue weighted by Gasteiger charge is -2.34. The van der Waals surface area contributed by atoms with E-state index in [1.54, 1.807) is 13.0 Å². The summed E-state index contributed by atoms with van der Waals surface area (Å²) in [6.07, 6.45) is 3.18. The summed E-state index contributed by atoms with van der Waals surface area (Å²) in [6.45, 7) is 6.64. The van der Waals surface area contributed by atoms with Crippen LogP contribution in [0.5, 0.6) is 11.6 Å². The van der Waals surface area contributed by atoms with Gasteiger partial charge in [0.25, 0.3) is 0 Å². The van der Waals surface area contributed by atoms with Crippen molar-refractivity contribution in [3.05, 3.63) is 76.7 Å². The van der Waals surface area contributed by atoms with Crippen molar-refractivity contribution in [3.63, 3.8) is 0 Å². The van der Waals surface area contributed by atoms with Crippen molar-refractivity contribution in [2.75, 3.05) is 26.9 Å². The lowest BCUT2D eigenvalue weighted by Crippen LogP contribution is -2.43. The Labute approximate surface area is 228 Å². The number of aromatic nitrogens is 1. The van der Waals surface area contributed by atoms with Crippen molar-refractivity contribution in [1.29, 1.82) is 0 Å². The molecule has 2 aromatic carbocycles. The molecule has 1 aromatic heterocycles. The number of fused-ring (bicyclic) bond motifs is 1. The van der Waals surface area contributed by atoms with Crippen LogP contribution in [0.3, 0.4) is 0 Å². The first-order valence-corrected chi connectivity index (χ1v) is 13.5. The number of aryl methyl sites for hydroxylation is 1. The van der Waals surface area contributed by atoms with E-state index in [-0.39, 0.29) is 12.1 Å². The van der Waals surface area contributed by atoms with Gasteiger partial charge in [0.2, 0.25) is 5.88 Å². The molecule has 1 N–H and O–H groups in total. The van der Waals surface area contributed by atoms with Gasteiger partial charge in [-0.1, -0.05) is 37.3 Å². The minimum Gasteiger partial charge on any atom is -0.485 e. The van der Waals surface area contributed by atoms with E-state index in [1.807, 2.05) is 30.3 Å². The average Bonchev–Trinajstić information content (AvgIpc) is 2.94. The highest BCUT2D eigenvalue weighted by Crippen LogP contribution is 2.38. The van der Waals surface area contributed by atoms with Crippen LogP contribution in [-0.4, -0.2) is 53.9 Å². The van der Waals surface area contributed by atoms with Crippen molar-refractivity contribution in [2.45, 2.75) is 51.8 Å². The zero-order valence-electron chi connectivity index (χ0n) is 22.7. The number of carbonyl (C=O) groups is 1. The predicted molar refractivity (Wildman–Crippen MR) is 146 cm³/mol. The fourth-order valence-electron chi connectivity index (χ4n) is 5.38. The van der Waals surface area contributed by atoms with E-state index < -0.39 is 17.7 Å². The first kappa shape index (κ1) is 27.1. The zero-order chi connectivity index (χ0) is 27.5. The molecule has 0 bridgehead atoms. The van der Waals surface area contributed by atoms with Gasteiger partial charge in [-0.2, -0.15) is 0 Å². The number of methoxy groups -OCH3 is 1. The summed E-state index contributed by atoms with van der Waals surface area (Å²) in [6, 6.07) is 14.0. The topological polar surface area (TPSA) is 81.1 Å². The molecular weight excluding hydrogens is 499 g/mol. The number of carboxylic acid groups (broad SMARTS) is 1. The SMILES string of the molecule is COc1cc(-c2ccc(C3CCc4ccc(CC(C)C(=O)O)cc4O3)cc2CN2CCOCC2C)c(F)cn1. The second-order valence-electron chi connectivity index (χ2n) is 10.5. The quantitative estimate of drug-likeness (QED) is 0.412. The Kier molecular flexibility index (Phi) is 8.14. The molecule has 7 nitrogen and oxygen atoms in total. The van der Waals surface area contributed by atoms with Gasteiger partial charge in [-0.3, -0.25) is 9.69 Å². The van der Waals surface area contributed by atoms with Gasteiger partial charge in [0.15, 0.2) is 0 Å². The van der Waals surface area contributed by atoms with E-state index in [0.29, 0.717) is 37.6 Å². The van der Waals surface area contributed by atoms with E-state index in [2.05, 4.69) is 22.9 Å². The summed E-state index contributed by atoms with van der Waals surface area (Å²) < 4.78 is 32.4. The molecule has 0 aliphatic carbocycles. The molecule has 5 rings (SSSR count). The van der Waals surface area contributed by atoms with Crippen LogP contribution in [0.2, 0.25) is 0 Å². The van der Waals surface area contributed by atoms with E-state index in [4.69, 9.17) is 14.2 Å². The summed E-state index contributed by atoms with van der Waals surface area (Å²) in [5.74, 6) is -0.504. The lowest BCUT2D eigenvalue weighted by molar-refractivity contribution is -0.141. The van der Waals surface area contributed by atoms with Gasteiger partial charge in [0, 0.05) is 30.8 Å².